The first-order chi connectivity index (χ1) is 38.5. The van der Waals surface area contributed by atoms with Crippen LogP contribution < -0.4 is 31.4 Å². The summed E-state index contributed by atoms with van der Waals surface area (Å²) in [6.07, 6.45) is 0. The molecule has 11 rings (SSSR count). The third-order valence-corrected chi connectivity index (χ3v) is 13.6. The predicted octanol–water partition coefficient (Wildman–Crippen LogP) is 9.38. The summed E-state index contributed by atoms with van der Waals surface area (Å²) in [5.41, 5.74) is 14.9. The Morgan fingerprint density at radius 2 is 0.762 bits per heavy atom. The number of anilines is 4. The molecule has 20 heteroatoms. The first kappa shape index (κ1) is 62.8. The van der Waals surface area contributed by atoms with Crippen molar-refractivity contribution in [2.75, 3.05) is 140 Å². The van der Waals surface area contributed by atoms with Crippen molar-refractivity contribution in [1.82, 2.24) is 14.7 Å². The van der Waals surface area contributed by atoms with E-state index in [1.807, 2.05) is 115 Å². The van der Waals surface area contributed by atoms with E-state index < -0.39 is 14.1 Å². The Bertz CT molecular complexity index is 3070. The molecule has 426 valence electrons. The smallest absolute Gasteiger partial charge is 0.406 e. The summed E-state index contributed by atoms with van der Waals surface area (Å²) >= 11 is 5.55. The molecule has 0 radical (unpaired) electrons. The van der Waals surface area contributed by atoms with Crippen LogP contribution in [0.1, 0.15) is 0 Å². The third-order valence-electron chi connectivity index (χ3n) is 13.4. The molecule has 3 aliphatic heterocycles. The number of hydrogen-bond acceptors (Lipinski definition) is 16. The topological polar surface area (TPSA) is 213 Å². The maximum Gasteiger partial charge on any atom is 0.406 e. The summed E-state index contributed by atoms with van der Waals surface area (Å²) in [6.45, 7) is 18.6. The molecule has 0 bridgehead atoms. The molecule has 0 atom stereocenters. The number of nitrogens with two attached hydrogens (primary N) is 2. The van der Waals surface area contributed by atoms with E-state index in [1.54, 1.807) is 37.9 Å². The molecule has 8 aromatic carbocycles. The Labute approximate surface area is 482 Å². The Morgan fingerprint density at radius 3 is 1.19 bits per heavy atom. The fraction of sp³-hybridized carbons (Fsp3) is 0.333. The van der Waals surface area contributed by atoms with Gasteiger partial charge in [0.2, 0.25) is 0 Å². The minimum Gasteiger partial charge on any atom is -0.507 e. The average Bonchev–Trinajstić information content (AvgIpc) is 3.47. The van der Waals surface area contributed by atoms with Gasteiger partial charge in [-0.2, -0.15) is 0 Å². The number of halogens is 2. The van der Waals surface area contributed by atoms with E-state index in [4.69, 9.17) is 46.8 Å². The highest BCUT2D eigenvalue weighted by molar-refractivity contribution is 6.53. The lowest BCUT2D eigenvalue weighted by atomic mass is 9.87. The molecule has 8 aromatic rings. The lowest BCUT2D eigenvalue weighted by molar-refractivity contribution is 0.0322. The van der Waals surface area contributed by atoms with E-state index in [-0.39, 0.29) is 23.9 Å². The Hall–Kier alpha value is -6.41. The number of aromatic hydroxyl groups is 2. The molecule has 3 fully saturated rings. The van der Waals surface area contributed by atoms with Gasteiger partial charge >= 0.3 is 14.1 Å². The van der Waals surface area contributed by atoms with Gasteiger partial charge in [-0.05, 0) is 62.2 Å². The highest BCUT2D eigenvalue weighted by atomic mass is 35.5. The van der Waals surface area contributed by atoms with Crippen LogP contribution in [-0.2, 0) is 14.2 Å². The first-order valence-electron chi connectivity index (χ1n) is 27.1. The number of morpholine rings is 3. The van der Waals surface area contributed by atoms with Gasteiger partial charge in [-0.1, -0.05) is 97.1 Å². The number of phenolic OH excluding ortho intramolecular Hbond substituents is 2. The minimum absolute atomic E-state index is 0. The van der Waals surface area contributed by atoms with Gasteiger partial charge in [0.1, 0.15) is 36.2 Å². The van der Waals surface area contributed by atoms with E-state index >= 15 is 0 Å². The second-order valence-electron chi connectivity index (χ2n) is 19.1. The quantitative estimate of drug-likeness (QED) is 0.0221. The molecular formula is C60H77B2Cl2N7O9. The number of fused-ring (bicyclic) bond motifs is 4. The zero-order valence-electron chi connectivity index (χ0n) is 45.9. The molecule has 3 aliphatic rings. The zero-order chi connectivity index (χ0) is 55.8. The molecule has 0 spiro atoms. The van der Waals surface area contributed by atoms with Crippen LogP contribution in [-0.4, -0.2) is 167 Å². The van der Waals surface area contributed by atoms with Crippen LogP contribution in [0.3, 0.4) is 0 Å². The molecule has 0 amide bonds. The van der Waals surface area contributed by atoms with Gasteiger partial charge in [0.15, 0.2) is 0 Å². The van der Waals surface area contributed by atoms with E-state index in [0.717, 1.165) is 176 Å². The minimum atomic E-state index is -0.613. The van der Waals surface area contributed by atoms with Crippen molar-refractivity contribution in [3.8, 4) is 23.0 Å². The summed E-state index contributed by atoms with van der Waals surface area (Å²) in [6, 6.07) is 45.7. The van der Waals surface area contributed by atoms with Gasteiger partial charge in [0.05, 0.1) is 39.6 Å². The fourth-order valence-electron chi connectivity index (χ4n) is 9.27. The maximum absolute atomic E-state index is 9.64. The molecule has 3 saturated heterocycles. The van der Waals surface area contributed by atoms with Gasteiger partial charge in [-0.15, -0.1) is 24.0 Å². The van der Waals surface area contributed by atoms with Crippen molar-refractivity contribution in [2.24, 2.45) is 0 Å². The number of nitrogen functional groups attached to an aromatic ring is 2. The molecule has 0 saturated carbocycles. The van der Waals surface area contributed by atoms with Gasteiger partial charge in [0, 0.05) is 131 Å². The first-order valence-corrected chi connectivity index (χ1v) is 27.6. The van der Waals surface area contributed by atoms with Crippen LogP contribution in [0.15, 0.2) is 146 Å². The second-order valence-corrected chi connectivity index (χ2v) is 19.5. The monoisotopic (exact) mass is 1130 g/mol. The number of rotatable bonds is 14. The summed E-state index contributed by atoms with van der Waals surface area (Å²) in [4.78, 5) is 7.04. The van der Waals surface area contributed by atoms with Crippen LogP contribution >= 0.6 is 24.0 Å². The van der Waals surface area contributed by atoms with Gasteiger partial charge in [-0.3, -0.25) is 14.7 Å². The number of phenols is 2. The van der Waals surface area contributed by atoms with E-state index in [1.165, 1.54) is 0 Å². The molecule has 0 aromatic heterocycles. The van der Waals surface area contributed by atoms with Crippen LogP contribution in [0.5, 0.6) is 23.0 Å². The van der Waals surface area contributed by atoms with Crippen molar-refractivity contribution in [2.45, 2.75) is 13.6 Å². The van der Waals surface area contributed by atoms with Gasteiger partial charge in [0.25, 0.3) is 0 Å². The van der Waals surface area contributed by atoms with Crippen LogP contribution in [0.2, 0.25) is 13.6 Å². The summed E-state index contributed by atoms with van der Waals surface area (Å²) < 4.78 is 27.8. The fourth-order valence-corrected chi connectivity index (χ4v) is 9.51. The van der Waals surface area contributed by atoms with Gasteiger partial charge < -0.3 is 65.9 Å². The van der Waals surface area contributed by atoms with E-state index in [0.29, 0.717) is 18.9 Å². The summed E-state index contributed by atoms with van der Waals surface area (Å²) in [5, 5.41) is 51.5. The largest absolute Gasteiger partial charge is 0.507 e. The Kier molecular flexibility index (Phi) is 26.2. The van der Waals surface area contributed by atoms with E-state index in [9.17, 15) is 20.3 Å². The number of ether oxygens (including phenoxy) is 5. The molecule has 80 heavy (non-hydrogen) atoms. The van der Waals surface area contributed by atoms with Crippen molar-refractivity contribution in [1.29, 1.82) is 0 Å². The molecule has 0 aliphatic carbocycles. The number of benzene rings is 8. The standard InChI is InChI=1S/C17H23BN2O3.C16H20N2O2.C11H12BNO2.C10H9NO.C6H12ClNO.ClH/c1-18(21)19-16-6-7-17(15-5-3-2-4-14(15)16)23-13-10-20-8-11-22-12-9-20;17-15-5-6-16(14-4-2-1-3-13(14)15)20-12-9-18-7-10-19-11-8-18;1-12(15)13-10-6-7-11(14)9-5-3-2-4-8(9)10;11-9-5-6-10(12)8-4-2-1-3-7(8)9;7-1-2-8-3-5-9-6-4-8;/h2-7,19,21H,8-13H2,1H3;1-6H,7-12,17H2;2-7,13-15H,1H3;1-6,12H,11H2;1-6H2;1H. The number of hydrogen-bond donors (Lipinski definition) is 8. The molecular weight excluding hydrogens is 1060 g/mol. The number of alkyl halides is 1. The highest BCUT2D eigenvalue weighted by Gasteiger charge is 2.15. The van der Waals surface area contributed by atoms with E-state index in [2.05, 4.69) is 31.2 Å². The third kappa shape index (κ3) is 19.1. The van der Waals surface area contributed by atoms with Crippen LogP contribution in [0.4, 0.5) is 22.7 Å². The molecule has 3 heterocycles. The zero-order valence-corrected chi connectivity index (χ0v) is 47.4. The normalized spacial score (nSPS) is 14.6. The maximum atomic E-state index is 9.64. The highest BCUT2D eigenvalue weighted by Crippen LogP contribution is 2.34. The number of nitrogens with zero attached hydrogens (tertiary/aromatic N) is 3. The molecule has 0 unspecified atom stereocenters. The Morgan fingerprint density at radius 1 is 0.450 bits per heavy atom. The van der Waals surface area contributed by atoms with Crippen molar-refractivity contribution in [3.05, 3.63) is 146 Å². The van der Waals surface area contributed by atoms with Crippen LogP contribution in [0, 0.1) is 0 Å². The average molecular weight is 1130 g/mol. The lowest BCUT2D eigenvalue weighted by Gasteiger charge is -2.26. The summed E-state index contributed by atoms with van der Waals surface area (Å²) in [5.74, 6) is 3.05. The summed E-state index contributed by atoms with van der Waals surface area (Å²) in [7, 11) is -1.20. The van der Waals surface area contributed by atoms with Crippen molar-refractivity contribution in [3.63, 3.8) is 0 Å². The lowest BCUT2D eigenvalue weighted by Crippen LogP contribution is -2.38. The SMILES string of the molecule is CB(O)Nc1ccc(O)c2ccccc12.CB(O)Nc1ccc(OCCN2CCOCC2)c2ccccc12.Cl.ClCCN1CCOCC1.Nc1ccc(O)c2ccccc12.Nc1ccc(OCCN2CCOCC2)c2ccccc12. The van der Waals surface area contributed by atoms with Crippen molar-refractivity contribution >= 4 is 104 Å². The predicted molar refractivity (Wildman–Crippen MR) is 334 cm³/mol. The van der Waals surface area contributed by atoms with Gasteiger partial charge in [-0.25, -0.2) is 0 Å². The van der Waals surface area contributed by atoms with Crippen LogP contribution in [0.25, 0.3) is 43.1 Å². The Balaban J connectivity index is 0.000000166. The molecule has 16 nitrogen and oxygen atoms in total. The second kappa shape index (κ2) is 33.4. The number of nitrogens with one attached hydrogen (secondary N) is 2. The molecule has 10 N–H and O–H groups in total. The van der Waals surface area contributed by atoms with Crippen molar-refractivity contribution < 1.29 is 43.9 Å².